The van der Waals surface area contributed by atoms with Gasteiger partial charge in [-0.05, 0) is 37.1 Å². The minimum atomic E-state index is 0.125. The standard InChI is InChI=1S/C18H24N2O2S/c1-4-13(5-2)17(21)19-11-10-15-12-23-18(20-15)14-6-8-16(22-3)9-7-14/h6-9,12-13H,4-5,10-11H2,1-3H3,(H,19,21). The van der Waals surface area contributed by atoms with Crippen LogP contribution in [0.25, 0.3) is 10.6 Å². The molecule has 0 spiro atoms. The zero-order chi connectivity index (χ0) is 16.7. The molecule has 23 heavy (non-hydrogen) atoms. The van der Waals surface area contributed by atoms with Gasteiger partial charge in [0.1, 0.15) is 10.8 Å². The molecular weight excluding hydrogens is 308 g/mol. The largest absolute Gasteiger partial charge is 0.497 e. The fourth-order valence-corrected chi connectivity index (χ4v) is 3.27. The number of ether oxygens (including phenoxy) is 1. The van der Waals surface area contributed by atoms with Crippen LogP contribution in [0.4, 0.5) is 0 Å². The van der Waals surface area contributed by atoms with Crippen molar-refractivity contribution in [1.82, 2.24) is 10.3 Å². The maximum atomic E-state index is 11.9. The van der Waals surface area contributed by atoms with E-state index in [2.05, 4.69) is 29.5 Å². The van der Waals surface area contributed by atoms with Crippen molar-refractivity contribution in [2.75, 3.05) is 13.7 Å². The van der Waals surface area contributed by atoms with Crippen LogP contribution >= 0.6 is 11.3 Å². The molecule has 0 saturated carbocycles. The minimum Gasteiger partial charge on any atom is -0.497 e. The molecule has 0 atom stereocenters. The van der Waals surface area contributed by atoms with E-state index < -0.39 is 0 Å². The molecule has 2 aromatic rings. The molecule has 1 heterocycles. The number of carbonyl (C=O) groups is 1. The van der Waals surface area contributed by atoms with Crippen LogP contribution in [0.3, 0.4) is 0 Å². The third-order valence-electron chi connectivity index (χ3n) is 3.93. The summed E-state index contributed by atoms with van der Waals surface area (Å²) in [6.07, 6.45) is 2.54. The number of hydrogen-bond acceptors (Lipinski definition) is 4. The van der Waals surface area contributed by atoms with Crippen molar-refractivity contribution in [2.24, 2.45) is 5.92 Å². The van der Waals surface area contributed by atoms with E-state index in [1.807, 2.05) is 24.3 Å². The summed E-state index contributed by atoms with van der Waals surface area (Å²) in [4.78, 5) is 16.6. The first kappa shape index (κ1) is 17.5. The fraction of sp³-hybridized carbons (Fsp3) is 0.444. The first-order chi connectivity index (χ1) is 11.2. The molecule has 1 aromatic carbocycles. The molecule has 0 unspecified atom stereocenters. The summed E-state index contributed by atoms with van der Waals surface area (Å²) in [6.45, 7) is 4.74. The predicted molar refractivity (Wildman–Crippen MR) is 94.9 cm³/mol. The average Bonchev–Trinajstić information content (AvgIpc) is 3.05. The number of amides is 1. The van der Waals surface area contributed by atoms with Crippen LogP contribution in [0.2, 0.25) is 0 Å². The van der Waals surface area contributed by atoms with Crippen molar-refractivity contribution in [3.05, 3.63) is 35.3 Å². The van der Waals surface area contributed by atoms with Crippen LogP contribution in [-0.2, 0) is 11.2 Å². The van der Waals surface area contributed by atoms with Gasteiger partial charge < -0.3 is 10.1 Å². The van der Waals surface area contributed by atoms with Gasteiger partial charge in [0.05, 0.1) is 12.8 Å². The zero-order valence-electron chi connectivity index (χ0n) is 14.0. The Balaban J connectivity index is 1.88. The van der Waals surface area contributed by atoms with Gasteiger partial charge in [0, 0.05) is 29.8 Å². The quantitative estimate of drug-likeness (QED) is 0.797. The highest BCUT2D eigenvalue weighted by molar-refractivity contribution is 7.13. The molecule has 1 N–H and O–H groups in total. The summed E-state index contributed by atoms with van der Waals surface area (Å²) in [5.41, 5.74) is 2.11. The SMILES string of the molecule is CCC(CC)C(=O)NCCc1csc(-c2ccc(OC)cc2)n1. The van der Waals surface area contributed by atoms with Crippen LogP contribution in [0.1, 0.15) is 32.4 Å². The molecule has 0 aliphatic heterocycles. The first-order valence-corrected chi connectivity index (χ1v) is 8.92. The number of benzene rings is 1. The molecule has 2 rings (SSSR count). The highest BCUT2D eigenvalue weighted by Crippen LogP contribution is 2.25. The Morgan fingerprint density at radius 2 is 1.96 bits per heavy atom. The Hall–Kier alpha value is -1.88. The Bertz CT molecular complexity index is 618. The summed E-state index contributed by atoms with van der Waals surface area (Å²) in [7, 11) is 1.66. The smallest absolute Gasteiger partial charge is 0.223 e. The normalized spacial score (nSPS) is 10.8. The fourth-order valence-electron chi connectivity index (χ4n) is 2.41. The van der Waals surface area contributed by atoms with E-state index in [9.17, 15) is 4.79 Å². The van der Waals surface area contributed by atoms with Crippen LogP contribution < -0.4 is 10.1 Å². The summed E-state index contributed by atoms with van der Waals surface area (Å²) in [5.74, 6) is 1.12. The number of nitrogens with one attached hydrogen (secondary N) is 1. The number of nitrogens with zero attached hydrogens (tertiary/aromatic N) is 1. The maximum Gasteiger partial charge on any atom is 0.223 e. The van der Waals surface area contributed by atoms with E-state index in [-0.39, 0.29) is 11.8 Å². The lowest BCUT2D eigenvalue weighted by Crippen LogP contribution is -2.31. The van der Waals surface area contributed by atoms with Crippen LogP contribution in [0.15, 0.2) is 29.6 Å². The molecule has 0 aliphatic carbocycles. The molecule has 5 heteroatoms. The third-order valence-corrected chi connectivity index (χ3v) is 4.87. The minimum absolute atomic E-state index is 0.125. The second-order valence-electron chi connectivity index (χ2n) is 5.43. The van der Waals surface area contributed by atoms with Crippen molar-refractivity contribution in [3.8, 4) is 16.3 Å². The van der Waals surface area contributed by atoms with Crippen LogP contribution in [0, 0.1) is 5.92 Å². The highest BCUT2D eigenvalue weighted by Gasteiger charge is 2.13. The van der Waals surface area contributed by atoms with Gasteiger partial charge in [-0.25, -0.2) is 4.98 Å². The molecule has 4 nitrogen and oxygen atoms in total. The van der Waals surface area contributed by atoms with E-state index >= 15 is 0 Å². The molecule has 0 saturated heterocycles. The summed E-state index contributed by atoms with van der Waals surface area (Å²) < 4.78 is 5.17. The van der Waals surface area contributed by atoms with Gasteiger partial charge in [-0.1, -0.05) is 13.8 Å². The van der Waals surface area contributed by atoms with Gasteiger partial charge in [0.2, 0.25) is 5.91 Å². The summed E-state index contributed by atoms with van der Waals surface area (Å²) in [5, 5.41) is 6.06. The highest BCUT2D eigenvalue weighted by atomic mass is 32.1. The topological polar surface area (TPSA) is 51.2 Å². The van der Waals surface area contributed by atoms with Crippen molar-refractivity contribution in [3.63, 3.8) is 0 Å². The van der Waals surface area contributed by atoms with E-state index in [4.69, 9.17) is 4.74 Å². The van der Waals surface area contributed by atoms with E-state index in [1.165, 1.54) is 0 Å². The molecule has 0 aliphatic rings. The van der Waals surface area contributed by atoms with Crippen LogP contribution in [-0.4, -0.2) is 24.5 Å². The zero-order valence-corrected chi connectivity index (χ0v) is 14.8. The number of carbonyl (C=O) groups excluding carboxylic acids is 1. The predicted octanol–water partition coefficient (Wildman–Crippen LogP) is 3.91. The third kappa shape index (κ3) is 4.79. The van der Waals surface area contributed by atoms with E-state index in [0.717, 1.165) is 41.3 Å². The molecular formula is C18H24N2O2S. The molecule has 0 bridgehead atoms. The summed E-state index contributed by atoms with van der Waals surface area (Å²) >= 11 is 1.63. The maximum absolute atomic E-state index is 11.9. The average molecular weight is 332 g/mol. The number of rotatable bonds is 8. The lowest BCUT2D eigenvalue weighted by atomic mass is 10.0. The Kier molecular flexibility index (Phi) is 6.59. The Morgan fingerprint density at radius 3 is 2.57 bits per heavy atom. The Labute approximate surface area is 141 Å². The summed E-state index contributed by atoms with van der Waals surface area (Å²) in [6, 6.07) is 7.89. The molecule has 0 fully saturated rings. The number of methoxy groups -OCH3 is 1. The molecule has 124 valence electrons. The van der Waals surface area contributed by atoms with Crippen molar-refractivity contribution in [1.29, 1.82) is 0 Å². The first-order valence-electron chi connectivity index (χ1n) is 8.04. The monoisotopic (exact) mass is 332 g/mol. The molecule has 1 aromatic heterocycles. The second-order valence-corrected chi connectivity index (χ2v) is 6.29. The van der Waals surface area contributed by atoms with Gasteiger partial charge in [-0.3, -0.25) is 4.79 Å². The lowest BCUT2D eigenvalue weighted by Gasteiger charge is -2.11. The van der Waals surface area contributed by atoms with Gasteiger partial charge in [-0.2, -0.15) is 0 Å². The van der Waals surface area contributed by atoms with Gasteiger partial charge in [-0.15, -0.1) is 11.3 Å². The molecule has 0 radical (unpaired) electrons. The van der Waals surface area contributed by atoms with E-state index in [1.54, 1.807) is 18.4 Å². The number of hydrogen-bond donors (Lipinski definition) is 1. The van der Waals surface area contributed by atoms with Crippen molar-refractivity contribution in [2.45, 2.75) is 33.1 Å². The van der Waals surface area contributed by atoms with Gasteiger partial charge in [0.25, 0.3) is 0 Å². The Morgan fingerprint density at radius 1 is 1.26 bits per heavy atom. The second kappa shape index (κ2) is 8.67. The van der Waals surface area contributed by atoms with Crippen molar-refractivity contribution < 1.29 is 9.53 Å². The lowest BCUT2D eigenvalue weighted by molar-refractivity contribution is -0.125. The van der Waals surface area contributed by atoms with E-state index in [0.29, 0.717) is 6.54 Å². The molecule has 1 amide bonds. The van der Waals surface area contributed by atoms with Gasteiger partial charge in [0.15, 0.2) is 0 Å². The number of aromatic nitrogens is 1. The number of thiazole rings is 1. The van der Waals surface area contributed by atoms with Gasteiger partial charge >= 0.3 is 0 Å². The van der Waals surface area contributed by atoms with Crippen LogP contribution in [0.5, 0.6) is 5.75 Å². The van der Waals surface area contributed by atoms with Crippen molar-refractivity contribution >= 4 is 17.2 Å².